The molecule has 24 heavy (non-hydrogen) atoms. The summed E-state index contributed by atoms with van der Waals surface area (Å²) >= 11 is 0. The minimum absolute atomic E-state index is 0.463. The van der Waals surface area contributed by atoms with E-state index in [-0.39, 0.29) is 0 Å². The van der Waals surface area contributed by atoms with Crippen molar-refractivity contribution in [2.75, 3.05) is 0 Å². The van der Waals surface area contributed by atoms with E-state index in [9.17, 15) is 4.39 Å². The Hall–Kier alpha value is -1.92. The molecule has 0 spiro atoms. The van der Waals surface area contributed by atoms with Gasteiger partial charge in [0.2, 0.25) is 0 Å². The van der Waals surface area contributed by atoms with Gasteiger partial charge < -0.3 is 9.31 Å². The number of benzene rings is 1. The summed E-state index contributed by atoms with van der Waals surface area (Å²) < 4.78 is 26.3. The Labute approximate surface area is 142 Å². The molecule has 1 saturated heterocycles. The van der Waals surface area contributed by atoms with Gasteiger partial charge in [-0.2, -0.15) is 5.10 Å². The summed E-state index contributed by atoms with van der Waals surface area (Å²) in [6.45, 7) is 9.47. The lowest BCUT2D eigenvalue weighted by molar-refractivity contribution is 0.00578. The van der Waals surface area contributed by atoms with Gasteiger partial charge in [-0.25, -0.2) is 4.39 Å². The van der Waals surface area contributed by atoms with Crippen LogP contribution in [0.5, 0.6) is 0 Å². The summed E-state index contributed by atoms with van der Waals surface area (Å²) in [6, 6.07) is 9.68. The molecule has 1 fully saturated rings. The van der Waals surface area contributed by atoms with E-state index in [0.717, 1.165) is 11.3 Å². The number of nitrogens with one attached hydrogen (secondary N) is 1. The zero-order valence-electron chi connectivity index (χ0n) is 14.7. The van der Waals surface area contributed by atoms with Crippen molar-refractivity contribution in [2.45, 2.75) is 45.8 Å². The van der Waals surface area contributed by atoms with Crippen LogP contribution in [0.4, 0.5) is 4.39 Å². The van der Waals surface area contributed by atoms with Gasteiger partial charge in [-0.3, -0.25) is 5.10 Å². The average Bonchev–Trinajstić information content (AvgIpc) is 2.98. The molecule has 0 radical (unpaired) electrons. The molecule has 6 heteroatoms. The van der Waals surface area contributed by atoms with Gasteiger partial charge in [-0.1, -0.05) is 30.3 Å². The number of nitrogens with zero attached hydrogens (tertiary/aromatic N) is 1. The zero-order valence-corrected chi connectivity index (χ0v) is 14.7. The molecule has 2 heterocycles. The van der Waals surface area contributed by atoms with E-state index >= 15 is 0 Å². The second kappa shape index (κ2) is 5.86. The van der Waals surface area contributed by atoms with E-state index in [4.69, 9.17) is 9.31 Å². The molecule has 4 nitrogen and oxygen atoms in total. The number of aromatic nitrogens is 2. The van der Waals surface area contributed by atoms with E-state index in [1.54, 1.807) is 0 Å². The molecule has 0 atom stereocenters. The highest BCUT2D eigenvalue weighted by Crippen LogP contribution is 2.39. The lowest BCUT2D eigenvalue weighted by Gasteiger charge is -2.32. The van der Waals surface area contributed by atoms with Gasteiger partial charge in [0.1, 0.15) is 5.73 Å². The Morgan fingerprint density at radius 1 is 1.12 bits per heavy atom. The molecule has 3 rings (SSSR count). The standard InChI is InChI=1S/C18H22BFN2O2/c1-12-14(16(22-21-12)13-9-7-6-8-10-13)11-15(20)19-23-17(2,3)18(4,5)24-19/h6-11H,1-5H3,(H,21,22). The highest BCUT2D eigenvalue weighted by atomic mass is 19.1. The molecule has 0 saturated carbocycles. The van der Waals surface area contributed by atoms with Crippen LogP contribution in [0.1, 0.15) is 39.0 Å². The normalized spacial score (nSPS) is 19.8. The van der Waals surface area contributed by atoms with Crippen molar-refractivity contribution in [3.05, 3.63) is 47.3 Å². The first kappa shape index (κ1) is 16.9. The molecule has 0 unspecified atom stereocenters. The number of rotatable bonds is 3. The number of hydrogen-bond acceptors (Lipinski definition) is 3. The maximum absolute atomic E-state index is 14.8. The first-order valence-electron chi connectivity index (χ1n) is 8.04. The highest BCUT2D eigenvalue weighted by Gasteiger charge is 2.53. The summed E-state index contributed by atoms with van der Waals surface area (Å²) in [5.74, 6) is 0. The second-order valence-electron chi connectivity index (χ2n) is 7.09. The highest BCUT2D eigenvalue weighted by molar-refractivity contribution is 6.54. The average molecular weight is 328 g/mol. The Kier molecular flexibility index (Phi) is 4.14. The molecule has 1 aromatic heterocycles. The number of aryl methyl sites for hydroxylation is 1. The molecular formula is C18H22BFN2O2. The lowest BCUT2D eigenvalue weighted by Crippen LogP contribution is -2.41. The van der Waals surface area contributed by atoms with Crippen molar-refractivity contribution in [1.82, 2.24) is 10.2 Å². The van der Waals surface area contributed by atoms with Gasteiger partial charge >= 0.3 is 7.12 Å². The molecule has 126 valence electrons. The first-order valence-corrected chi connectivity index (χ1v) is 8.04. The Bertz CT molecular complexity index is 753. The smallest absolute Gasteiger partial charge is 0.398 e. The van der Waals surface area contributed by atoms with Crippen LogP contribution in [0.25, 0.3) is 17.3 Å². The minimum atomic E-state index is -1.01. The third kappa shape index (κ3) is 2.92. The van der Waals surface area contributed by atoms with E-state index in [1.807, 2.05) is 65.0 Å². The van der Waals surface area contributed by atoms with Gasteiger partial charge in [0.05, 0.1) is 16.9 Å². The van der Waals surface area contributed by atoms with E-state index in [1.165, 1.54) is 6.08 Å². The summed E-state index contributed by atoms with van der Waals surface area (Å²) in [5.41, 5.74) is 1.52. The minimum Gasteiger partial charge on any atom is -0.398 e. The van der Waals surface area contributed by atoms with Crippen LogP contribution in [-0.2, 0) is 9.31 Å². The maximum Gasteiger partial charge on any atom is 0.525 e. The van der Waals surface area contributed by atoms with Gasteiger partial charge in [-0.15, -0.1) is 0 Å². The molecule has 0 amide bonds. The van der Waals surface area contributed by atoms with Crippen molar-refractivity contribution in [3.63, 3.8) is 0 Å². The fourth-order valence-electron chi connectivity index (χ4n) is 2.59. The molecule has 0 aliphatic carbocycles. The molecule has 2 aromatic rings. The molecule has 1 aromatic carbocycles. The third-order valence-corrected chi connectivity index (χ3v) is 4.80. The monoisotopic (exact) mass is 328 g/mol. The number of hydrogen-bond donors (Lipinski definition) is 1. The van der Waals surface area contributed by atoms with Crippen LogP contribution in [-0.4, -0.2) is 28.5 Å². The Balaban J connectivity index is 1.94. The zero-order chi connectivity index (χ0) is 17.5. The van der Waals surface area contributed by atoms with E-state index in [2.05, 4.69) is 10.2 Å². The number of aromatic amines is 1. The number of H-pyrrole nitrogens is 1. The quantitative estimate of drug-likeness (QED) is 0.853. The first-order chi connectivity index (χ1) is 11.2. The van der Waals surface area contributed by atoms with Crippen molar-refractivity contribution in [3.8, 4) is 11.3 Å². The predicted molar refractivity (Wildman–Crippen MR) is 93.9 cm³/mol. The van der Waals surface area contributed by atoms with Crippen LogP contribution < -0.4 is 0 Å². The summed E-state index contributed by atoms with van der Waals surface area (Å²) in [7, 11) is -1.01. The van der Waals surface area contributed by atoms with Gasteiger partial charge in [-0.05, 0) is 40.7 Å². The number of halogens is 1. The predicted octanol–water partition coefficient (Wildman–Crippen LogP) is 4.33. The van der Waals surface area contributed by atoms with Crippen LogP contribution in [0.3, 0.4) is 0 Å². The molecule has 0 bridgehead atoms. The largest absolute Gasteiger partial charge is 0.525 e. The Morgan fingerprint density at radius 2 is 1.71 bits per heavy atom. The van der Waals surface area contributed by atoms with E-state index in [0.29, 0.717) is 11.3 Å². The molecular weight excluding hydrogens is 306 g/mol. The van der Waals surface area contributed by atoms with Crippen LogP contribution in [0.15, 0.2) is 36.1 Å². The molecule has 1 aliphatic rings. The topological polar surface area (TPSA) is 47.1 Å². The summed E-state index contributed by atoms with van der Waals surface area (Å²) in [5, 5.41) is 7.23. The van der Waals surface area contributed by atoms with Crippen molar-refractivity contribution in [2.24, 2.45) is 0 Å². The Morgan fingerprint density at radius 3 is 2.29 bits per heavy atom. The van der Waals surface area contributed by atoms with Gasteiger partial charge in [0.15, 0.2) is 0 Å². The fourth-order valence-corrected chi connectivity index (χ4v) is 2.59. The van der Waals surface area contributed by atoms with Crippen LogP contribution >= 0.6 is 0 Å². The van der Waals surface area contributed by atoms with E-state index < -0.39 is 24.0 Å². The van der Waals surface area contributed by atoms with Crippen molar-refractivity contribution >= 4 is 13.2 Å². The van der Waals surface area contributed by atoms with Crippen molar-refractivity contribution in [1.29, 1.82) is 0 Å². The van der Waals surface area contributed by atoms with Gasteiger partial charge in [0, 0.05) is 16.8 Å². The second-order valence-corrected chi connectivity index (χ2v) is 7.09. The SMILES string of the molecule is Cc1[nH]nc(-c2ccccc2)c1C=C(F)B1OC(C)(C)C(C)(C)O1. The maximum atomic E-state index is 14.8. The molecule has 1 N–H and O–H groups in total. The lowest BCUT2D eigenvalue weighted by atomic mass is 9.86. The molecule has 1 aliphatic heterocycles. The van der Waals surface area contributed by atoms with Crippen LogP contribution in [0, 0.1) is 6.92 Å². The summed E-state index contributed by atoms with van der Waals surface area (Å²) in [4.78, 5) is 0. The van der Waals surface area contributed by atoms with Crippen molar-refractivity contribution < 1.29 is 13.7 Å². The van der Waals surface area contributed by atoms with Gasteiger partial charge in [0.25, 0.3) is 0 Å². The summed E-state index contributed by atoms with van der Waals surface area (Å²) in [6.07, 6.45) is 1.45. The van der Waals surface area contributed by atoms with Crippen LogP contribution in [0.2, 0.25) is 0 Å². The fraction of sp³-hybridized carbons (Fsp3) is 0.389. The third-order valence-electron chi connectivity index (χ3n) is 4.80.